The molecular formula is C25H45N3. The van der Waals surface area contributed by atoms with E-state index >= 15 is 0 Å². The maximum Gasteiger partial charge on any atom is 0.0125 e. The number of hydrogen-bond acceptors (Lipinski definition) is 3. The van der Waals surface area contributed by atoms with E-state index in [1.165, 1.54) is 65.0 Å². The number of fused-ring (bicyclic) bond motifs is 2. The molecule has 2 aliphatic carbocycles. The predicted molar refractivity (Wildman–Crippen MR) is 117 cm³/mol. The summed E-state index contributed by atoms with van der Waals surface area (Å²) in [4.78, 5) is 8.53. The van der Waals surface area contributed by atoms with Gasteiger partial charge in [-0.15, -0.1) is 0 Å². The first-order valence-corrected chi connectivity index (χ1v) is 12.3. The molecule has 5 rings (SSSR count). The normalized spacial score (nSPS) is 43.5. The van der Waals surface area contributed by atoms with Crippen LogP contribution < -0.4 is 0 Å². The molecule has 0 bridgehead atoms. The third-order valence-electron chi connectivity index (χ3n) is 9.60. The summed E-state index contributed by atoms with van der Waals surface area (Å²) in [5.74, 6) is 4.89. The van der Waals surface area contributed by atoms with E-state index in [1.807, 2.05) is 0 Å². The fourth-order valence-electron chi connectivity index (χ4n) is 7.37. The largest absolute Gasteiger partial charge is 0.300 e. The maximum absolute atomic E-state index is 2.94. The van der Waals surface area contributed by atoms with Crippen molar-refractivity contribution < 1.29 is 0 Å². The zero-order valence-electron chi connectivity index (χ0n) is 19.5. The molecule has 0 aromatic carbocycles. The Kier molecular flexibility index (Phi) is 4.73. The molecule has 160 valence electrons. The van der Waals surface area contributed by atoms with Crippen LogP contribution in [0.1, 0.15) is 67.2 Å². The number of nitrogens with zero attached hydrogens (tertiary/aromatic N) is 3. The summed E-state index contributed by atoms with van der Waals surface area (Å²) in [7, 11) is 0. The van der Waals surface area contributed by atoms with Crippen LogP contribution in [0.15, 0.2) is 0 Å². The molecule has 0 amide bonds. The quantitative estimate of drug-likeness (QED) is 0.704. The predicted octanol–water partition coefficient (Wildman–Crippen LogP) is 4.18. The number of rotatable bonds is 2. The number of likely N-dealkylation sites (tertiary alicyclic amines) is 3. The highest BCUT2D eigenvalue weighted by Gasteiger charge is 2.50. The third-order valence-corrected chi connectivity index (χ3v) is 9.60. The van der Waals surface area contributed by atoms with Crippen molar-refractivity contribution in [1.29, 1.82) is 0 Å². The Hall–Kier alpha value is -0.120. The molecule has 3 saturated heterocycles. The lowest BCUT2D eigenvalue weighted by Crippen LogP contribution is -2.55. The first-order valence-electron chi connectivity index (χ1n) is 12.3. The van der Waals surface area contributed by atoms with Crippen molar-refractivity contribution in [2.75, 3.05) is 39.3 Å². The monoisotopic (exact) mass is 387 g/mol. The molecule has 28 heavy (non-hydrogen) atoms. The molecule has 0 N–H and O–H groups in total. The number of hydrogen-bond donors (Lipinski definition) is 0. The Morgan fingerprint density at radius 3 is 1.32 bits per heavy atom. The minimum absolute atomic E-state index is 0.363. The van der Waals surface area contributed by atoms with Crippen molar-refractivity contribution >= 4 is 0 Å². The van der Waals surface area contributed by atoms with Gasteiger partial charge in [0.1, 0.15) is 0 Å². The van der Waals surface area contributed by atoms with Crippen LogP contribution in [0.4, 0.5) is 0 Å². The summed E-state index contributed by atoms with van der Waals surface area (Å²) < 4.78 is 0. The van der Waals surface area contributed by atoms with Crippen molar-refractivity contribution in [2.45, 2.75) is 84.8 Å². The van der Waals surface area contributed by atoms with E-state index in [0.717, 1.165) is 41.7 Å². The summed E-state index contributed by atoms with van der Waals surface area (Å²) in [6.45, 7) is 22.8. The molecule has 3 heterocycles. The summed E-state index contributed by atoms with van der Waals surface area (Å²) in [6, 6.07) is 1.83. The van der Waals surface area contributed by atoms with Gasteiger partial charge < -0.3 is 0 Å². The van der Waals surface area contributed by atoms with Crippen molar-refractivity contribution in [3.8, 4) is 0 Å². The van der Waals surface area contributed by atoms with Gasteiger partial charge in [-0.1, -0.05) is 20.8 Å². The van der Waals surface area contributed by atoms with Crippen LogP contribution in [0.2, 0.25) is 0 Å². The Balaban J connectivity index is 1.09. The molecule has 3 heteroatoms. The van der Waals surface area contributed by atoms with Crippen LogP contribution >= 0.6 is 0 Å². The third kappa shape index (κ3) is 3.48. The lowest BCUT2D eigenvalue weighted by Gasteiger charge is -2.49. The molecule has 3 nitrogen and oxygen atoms in total. The smallest absolute Gasteiger partial charge is 0.0125 e. The van der Waals surface area contributed by atoms with Crippen molar-refractivity contribution in [3.63, 3.8) is 0 Å². The van der Waals surface area contributed by atoms with Gasteiger partial charge in [-0.3, -0.25) is 14.7 Å². The molecule has 5 fully saturated rings. The van der Waals surface area contributed by atoms with E-state index in [4.69, 9.17) is 0 Å². The van der Waals surface area contributed by atoms with Crippen LogP contribution in [-0.4, -0.2) is 71.6 Å². The molecule has 2 saturated carbocycles. The fourth-order valence-corrected chi connectivity index (χ4v) is 7.37. The zero-order chi connectivity index (χ0) is 19.8. The van der Waals surface area contributed by atoms with Crippen molar-refractivity contribution in [1.82, 2.24) is 14.7 Å². The first-order chi connectivity index (χ1) is 13.1. The molecule has 4 unspecified atom stereocenters. The van der Waals surface area contributed by atoms with Gasteiger partial charge in [0.25, 0.3) is 0 Å². The van der Waals surface area contributed by atoms with Gasteiger partial charge in [-0.25, -0.2) is 0 Å². The Bertz CT molecular complexity index is 554. The van der Waals surface area contributed by atoms with Gasteiger partial charge in [0.2, 0.25) is 0 Å². The van der Waals surface area contributed by atoms with Crippen LogP contribution in [0, 0.1) is 35.0 Å². The van der Waals surface area contributed by atoms with E-state index in [-0.39, 0.29) is 0 Å². The highest BCUT2D eigenvalue weighted by Crippen LogP contribution is 2.48. The Morgan fingerprint density at radius 2 is 0.929 bits per heavy atom. The Labute approximate surface area is 174 Å². The standard InChI is InChI=1S/C25H45N3/c1-24(2,3)21-15-27(16-21)23-7-17-11-26(12-18(17)8-23)22-9-19-13-28(25(4,5)6)14-20(19)10-22/h17-23H,7-16H2,1-6H3. The Morgan fingerprint density at radius 1 is 0.536 bits per heavy atom. The van der Waals surface area contributed by atoms with Gasteiger partial charge in [-0.2, -0.15) is 0 Å². The lowest BCUT2D eigenvalue weighted by molar-refractivity contribution is -0.00855. The average Bonchev–Trinajstić information content (AvgIpc) is 3.18. The molecule has 3 aliphatic heterocycles. The molecule has 0 radical (unpaired) electrons. The minimum atomic E-state index is 0.363. The first kappa shape index (κ1) is 19.8. The van der Waals surface area contributed by atoms with Gasteiger partial charge in [-0.05, 0) is 81.5 Å². The highest BCUT2D eigenvalue weighted by molar-refractivity contribution is 5.04. The van der Waals surface area contributed by atoms with E-state index < -0.39 is 0 Å². The summed E-state index contributed by atoms with van der Waals surface area (Å²) in [6.07, 6.45) is 5.96. The van der Waals surface area contributed by atoms with Crippen molar-refractivity contribution in [2.24, 2.45) is 35.0 Å². The summed E-state index contributed by atoms with van der Waals surface area (Å²) in [5.41, 5.74) is 0.868. The van der Waals surface area contributed by atoms with Gasteiger partial charge in [0.15, 0.2) is 0 Å². The summed E-state index contributed by atoms with van der Waals surface area (Å²) in [5, 5.41) is 0. The molecule has 4 atom stereocenters. The van der Waals surface area contributed by atoms with Gasteiger partial charge in [0.05, 0.1) is 0 Å². The van der Waals surface area contributed by atoms with Crippen LogP contribution in [0.5, 0.6) is 0 Å². The molecule has 0 aromatic rings. The second kappa shape index (κ2) is 6.69. The topological polar surface area (TPSA) is 9.72 Å². The fraction of sp³-hybridized carbons (Fsp3) is 1.00. The second-order valence-corrected chi connectivity index (χ2v) is 13.3. The van der Waals surface area contributed by atoms with E-state index in [9.17, 15) is 0 Å². The minimum Gasteiger partial charge on any atom is -0.300 e. The molecule has 5 aliphatic rings. The summed E-state index contributed by atoms with van der Waals surface area (Å²) >= 11 is 0. The van der Waals surface area contributed by atoms with Gasteiger partial charge >= 0.3 is 0 Å². The molecular weight excluding hydrogens is 342 g/mol. The van der Waals surface area contributed by atoms with Crippen molar-refractivity contribution in [3.05, 3.63) is 0 Å². The van der Waals surface area contributed by atoms with E-state index in [2.05, 4.69) is 56.2 Å². The van der Waals surface area contributed by atoms with E-state index in [1.54, 1.807) is 0 Å². The zero-order valence-corrected chi connectivity index (χ0v) is 19.5. The van der Waals surface area contributed by atoms with Gasteiger partial charge in [0, 0.05) is 56.9 Å². The molecule has 0 aromatic heterocycles. The highest BCUT2D eigenvalue weighted by atomic mass is 15.3. The lowest BCUT2D eigenvalue weighted by atomic mass is 9.75. The SMILES string of the molecule is CC(C)(C)C1CN(C2CC3CN(C4CC5CN(C(C)(C)C)CC5C4)CC3C2)C1. The van der Waals surface area contributed by atoms with Crippen LogP contribution in [-0.2, 0) is 0 Å². The van der Waals surface area contributed by atoms with E-state index in [0.29, 0.717) is 11.0 Å². The average molecular weight is 388 g/mol. The molecule has 0 spiro atoms. The maximum atomic E-state index is 2.94. The van der Waals surface area contributed by atoms with Crippen LogP contribution in [0.3, 0.4) is 0 Å². The van der Waals surface area contributed by atoms with Crippen LogP contribution in [0.25, 0.3) is 0 Å². The second-order valence-electron chi connectivity index (χ2n) is 13.3.